The van der Waals surface area contributed by atoms with Crippen molar-refractivity contribution in [2.75, 3.05) is 0 Å². The van der Waals surface area contributed by atoms with E-state index in [-0.39, 0.29) is 44.3 Å². The van der Waals surface area contributed by atoms with Gasteiger partial charge in [-0.05, 0) is 13.8 Å². The topological polar surface area (TPSA) is 37.3 Å². The molecule has 8 heavy (non-hydrogen) atoms. The molecule has 0 aliphatic rings. The molecule has 43 valence electrons. The number of aliphatic hydroxyl groups is 1. The fraction of sp³-hybridized carbons (Fsp3) is 0.400. The van der Waals surface area contributed by atoms with E-state index in [0.717, 1.165) is 0 Å². The molecule has 0 aromatic carbocycles. The second-order valence-corrected chi connectivity index (χ2v) is 1.40. The van der Waals surface area contributed by atoms with Crippen molar-refractivity contribution < 1.29 is 42.6 Å². The summed E-state index contributed by atoms with van der Waals surface area (Å²) in [6.45, 7) is 2.85. The Morgan fingerprint density at radius 3 is 1.88 bits per heavy atom. The monoisotopic (exact) mass is 189 g/mol. The van der Waals surface area contributed by atoms with Crippen molar-refractivity contribution in [3.05, 3.63) is 11.8 Å². The Kier molecular flexibility index (Phi) is 7.60. The number of hydrogen-bond acceptors (Lipinski definition) is 2. The van der Waals surface area contributed by atoms with E-state index in [2.05, 4.69) is 0 Å². The Morgan fingerprint density at radius 2 is 1.88 bits per heavy atom. The third-order valence-electron chi connectivity index (χ3n) is 0.412. The van der Waals surface area contributed by atoms with Crippen molar-refractivity contribution in [3.8, 4) is 0 Å². The molecule has 0 fully saturated rings. The maximum absolute atomic E-state index is 10.0. The molecule has 0 unspecified atom stereocenters. The second kappa shape index (κ2) is 5.45. The minimum absolute atomic E-state index is 0. The van der Waals surface area contributed by atoms with Crippen LogP contribution in [0, 0.1) is 0 Å². The average molecular weight is 189 g/mol. The van der Waals surface area contributed by atoms with Crippen LogP contribution in [0.3, 0.4) is 0 Å². The van der Waals surface area contributed by atoms with Gasteiger partial charge >= 0.3 is 0 Å². The number of ketones is 1. The molecular weight excluding hydrogens is 181 g/mol. The van der Waals surface area contributed by atoms with Crippen LogP contribution >= 0.6 is 0 Å². The van der Waals surface area contributed by atoms with Crippen LogP contribution in [-0.2, 0) is 37.5 Å². The molecule has 2 nitrogen and oxygen atoms in total. The van der Waals surface area contributed by atoms with Crippen molar-refractivity contribution in [3.63, 3.8) is 0 Å². The Balaban J connectivity index is 0. The third kappa shape index (κ3) is 9.58. The largest absolute Gasteiger partial charge is 0.512 e. The van der Waals surface area contributed by atoms with Crippen LogP contribution < -0.4 is 0 Å². The van der Waals surface area contributed by atoms with Crippen molar-refractivity contribution in [2.45, 2.75) is 13.8 Å². The van der Waals surface area contributed by atoms with Crippen LogP contribution in [0.2, 0.25) is 0 Å². The van der Waals surface area contributed by atoms with E-state index in [1.165, 1.54) is 19.9 Å². The molecule has 0 aliphatic heterocycles. The van der Waals surface area contributed by atoms with Gasteiger partial charge in [0, 0.05) is 38.8 Å². The molecule has 0 amide bonds. The van der Waals surface area contributed by atoms with Crippen molar-refractivity contribution in [1.82, 2.24) is 0 Å². The minimum atomic E-state index is -0.125. The van der Waals surface area contributed by atoms with Gasteiger partial charge in [-0.15, -0.1) is 0 Å². The SMILES string of the molecule is CC(=O)/C=C(/C)O.[Y]. The maximum Gasteiger partial charge on any atom is 0.155 e. The number of rotatable bonds is 1. The predicted molar refractivity (Wildman–Crippen MR) is 27.1 cm³/mol. The van der Waals surface area contributed by atoms with E-state index in [9.17, 15) is 4.79 Å². The summed E-state index contributed by atoms with van der Waals surface area (Å²) in [4.78, 5) is 10.0. The summed E-state index contributed by atoms with van der Waals surface area (Å²) in [5.41, 5.74) is 0. The fourth-order valence-corrected chi connectivity index (χ4v) is 0.294. The Bertz CT molecular complexity index is 103. The molecular formula is C5H8O2Y. The third-order valence-corrected chi connectivity index (χ3v) is 0.412. The van der Waals surface area contributed by atoms with Crippen LogP contribution in [0.25, 0.3) is 0 Å². The predicted octanol–water partition coefficient (Wildman–Crippen LogP) is 1.03. The molecule has 0 aromatic heterocycles. The van der Waals surface area contributed by atoms with Gasteiger partial charge in [-0.1, -0.05) is 0 Å². The second-order valence-electron chi connectivity index (χ2n) is 1.40. The van der Waals surface area contributed by atoms with E-state index in [1.807, 2.05) is 0 Å². The summed E-state index contributed by atoms with van der Waals surface area (Å²) >= 11 is 0. The molecule has 0 bridgehead atoms. The van der Waals surface area contributed by atoms with Crippen LogP contribution in [-0.4, -0.2) is 10.9 Å². The van der Waals surface area contributed by atoms with Gasteiger partial charge in [0.05, 0.1) is 5.76 Å². The van der Waals surface area contributed by atoms with Gasteiger partial charge in [0.15, 0.2) is 5.78 Å². The molecule has 0 atom stereocenters. The van der Waals surface area contributed by atoms with Gasteiger partial charge in [0.25, 0.3) is 0 Å². The molecule has 3 heteroatoms. The molecule has 1 radical (unpaired) electrons. The van der Waals surface area contributed by atoms with Crippen molar-refractivity contribution in [2.24, 2.45) is 0 Å². The van der Waals surface area contributed by atoms with E-state index in [0.29, 0.717) is 0 Å². The zero-order valence-corrected chi connectivity index (χ0v) is 7.85. The minimum Gasteiger partial charge on any atom is -0.512 e. The summed E-state index contributed by atoms with van der Waals surface area (Å²) in [7, 11) is 0. The quantitative estimate of drug-likeness (QED) is 0.494. The number of hydrogen-bond donors (Lipinski definition) is 1. The molecule has 0 spiro atoms. The first-order valence-corrected chi connectivity index (χ1v) is 2.01. The molecule has 0 saturated carbocycles. The molecule has 0 aliphatic carbocycles. The smallest absolute Gasteiger partial charge is 0.155 e. The Morgan fingerprint density at radius 1 is 1.50 bits per heavy atom. The molecule has 0 heterocycles. The summed E-state index contributed by atoms with van der Waals surface area (Å²) < 4.78 is 0. The van der Waals surface area contributed by atoms with E-state index in [4.69, 9.17) is 5.11 Å². The molecule has 0 aromatic rings. The zero-order chi connectivity index (χ0) is 5.86. The maximum atomic E-state index is 10.0. The van der Waals surface area contributed by atoms with Crippen molar-refractivity contribution in [1.29, 1.82) is 0 Å². The number of allylic oxidation sites excluding steroid dienone is 2. The van der Waals surface area contributed by atoms with Crippen LogP contribution in [0.1, 0.15) is 13.8 Å². The van der Waals surface area contributed by atoms with Gasteiger partial charge in [-0.3, -0.25) is 4.79 Å². The van der Waals surface area contributed by atoms with Gasteiger partial charge < -0.3 is 5.11 Å². The summed E-state index contributed by atoms with van der Waals surface area (Å²) in [6, 6.07) is 0. The van der Waals surface area contributed by atoms with Gasteiger partial charge in [-0.2, -0.15) is 0 Å². The summed E-state index contributed by atoms with van der Waals surface area (Å²) in [5, 5.41) is 8.36. The van der Waals surface area contributed by atoms with E-state index in [1.54, 1.807) is 0 Å². The fourth-order valence-electron chi connectivity index (χ4n) is 0.294. The normalized spacial score (nSPS) is 10.0. The first-order valence-electron chi connectivity index (χ1n) is 2.01. The molecule has 0 rings (SSSR count). The van der Waals surface area contributed by atoms with Crippen LogP contribution in [0.4, 0.5) is 0 Å². The first-order chi connectivity index (χ1) is 3.13. The van der Waals surface area contributed by atoms with Crippen LogP contribution in [0.15, 0.2) is 11.8 Å². The van der Waals surface area contributed by atoms with Gasteiger partial charge in [-0.25, -0.2) is 0 Å². The molecule has 1 N–H and O–H groups in total. The number of carbonyl (C=O) groups is 1. The Hall–Kier alpha value is 0.314. The zero-order valence-electron chi connectivity index (χ0n) is 5.01. The average Bonchev–Trinajstić information content (AvgIpc) is 1.27. The summed E-state index contributed by atoms with van der Waals surface area (Å²) in [5.74, 6) is -0.0625. The standard InChI is InChI=1S/C5H8O2.Y/c1-4(6)3-5(2)7;/h3,6H,1-2H3;/b4-3-;. The first kappa shape index (κ1) is 11.2. The van der Waals surface area contributed by atoms with Crippen LogP contribution in [0.5, 0.6) is 0 Å². The van der Waals surface area contributed by atoms with Gasteiger partial charge in [0.2, 0.25) is 0 Å². The number of aliphatic hydroxyl groups excluding tert-OH is 1. The van der Waals surface area contributed by atoms with Crippen molar-refractivity contribution >= 4 is 5.78 Å². The van der Waals surface area contributed by atoms with E-state index >= 15 is 0 Å². The van der Waals surface area contributed by atoms with Gasteiger partial charge in [0.1, 0.15) is 0 Å². The van der Waals surface area contributed by atoms with E-state index < -0.39 is 0 Å². The summed E-state index contributed by atoms with van der Waals surface area (Å²) in [6.07, 6.45) is 1.17. The molecule has 0 saturated heterocycles. The number of carbonyl (C=O) groups excluding carboxylic acids is 1. The Labute approximate surface area is 73.8 Å².